The molecule has 6 nitrogen and oxygen atoms in total. The van der Waals surface area contributed by atoms with Gasteiger partial charge >= 0.3 is 6.09 Å². The van der Waals surface area contributed by atoms with E-state index in [4.69, 9.17) is 14.9 Å². The van der Waals surface area contributed by atoms with Crippen molar-refractivity contribution in [1.29, 1.82) is 0 Å². The number of hydrogen-bond acceptors (Lipinski definition) is 5. The molecule has 1 aliphatic rings. The van der Waals surface area contributed by atoms with Gasteiger partial charge in [0.1, 0.15) is 5.60 Å². The highest BCUT2D eigenvalue weighted by atomic mass is 16.6. The van der Waals surface area contributed by atoms with Crippen LogP contribution in [0.1, 0.15) is 27.7 Å². The second-order valence-corrected chi connectivity index (χ2v) is 6.10. The van der Waals surface area contributed by atoms with Crippen molar-refractivity contribution in [2.75, 3.05) is 26.3 Å². The minimum atomic E-state index is -0.704. The molecule has 1 heterocycles. The number of nitrogens with one attached hydrogen (secondary N) is 1. The molecular formula is C12H24N2O4. The number of rotatable bonds is 4. The topological polar surface area (TPSA) is 82.0 Å². The van der Waals surface area contributed by atoms with Crippen LogP contribution in [0, 0.1) is 0 Å². The lowest BCUT2D eigenvalue weighted by molar-refractivity contribution is -0.00338. The van der Waals surface area contributed by atoms with Gasteiger partial charge in [-0.1, -0.05) is 0 Å². The van der Waals surface area contributed by atoms with Crippen molar-refractivity contribution in [1.82, 2.24) is 10.2 Å². The highest BCUT2D eigenvalue weighted by Crippen LogP contribution is 2.17. The van der Waals surface area contributed by atoms with E-state index in [1.165, 1.54) is 0 Å². The van der Waals surface area contributed by atoms with Gasteiger partial charge in [0.25, 0.3) is 0 Å². The number of aliphatic hydroxyl groups excluding tert-OH is 2. The summed E-state index contributed by atoms with van der Waals surface area (Å²) in [6.07, 6.45) is -0.324. The first-order chi connectivity index (χ1) is 8.19. The Morgan fingerprint density at radius 3 is 2.17 bits per heavy atom. The van der Waals surface area contributed by atoms with Gasteiger partial charge in [-0.3, -0.25) is 0 Å². The van der Waals surface area contributed by atoms with Crippen LogP contribution in [-0.2, 0) is 4.74 Å². The summed E-state index contributed by atoms with van der Waals surface area (Å²) in [6.45, 7) is 8.00. The molecule has 3 N–H and O–H groups in total. The molecule has 0 aromatic heterocycles. The van der Waals surface area contributed by atoms with Crippen LogP contribution in [-0.4, -0.2) is 64.7 Å². The molecule has 0 spiro atoms. The van der Waals surface area contributed by atoms with Gasteiger partial charge in [0, 0.05) is 19.1 Å². The maximum Gasteiger partial charge on any atom is 0.410 e. The van der Waals surface area contributed by atoms with Crippen molar-refractivity contribution in [2.24, 2.45) is 0 Å². The lowest BCUT2D eigenvalue weighted by Gasteiger charge is -2.43. The number of amides is 1. The van der Waals surface area contributed by atoms with Crippen LogP contribution < -0.4 is 5.32 Å². The van der Waals surface area contributed by atoms with Crippen LogP contribution in [0.3, 0.4) is 0 Å². The van der Waals surface area contributed by atoms with Gasteiger partial charge < -0.3 is 25.2 Å². The van der Waals surface area contributed by atoms with Crippen LogP contribution in [0.4, 0.5) is 4.79 Å². The summed E-state index contributed by atoms with van der Waals surface area (Å²) < 4.78 is 5.23. The number of nitrogens with zero attached hydrogens (tertiary/aromatic N) is 1. The normalized spacial score (nSPS) is 17.6. The van der Waals surface area contributed by atoms with Gasteiger partial charge in [0.05, 0.1) is 18.8 Å². The fourth-order valence-electron chi connectivity index (χ4n) is 1.68. The third-order valence-electron chi connectivity index (χ3n) is 2.78. The molecule has 0 unspecified atom stereocenters. The summed E-state index contributed by atoms with van der Waals surface area (Å²) in [5.74, 6) is 0. The molecule has 18 heavy (non-hydrogen) atoms. The average molecular weight is 260 g/mol. The fourth-order valence-corrected chi connectivity index (χ4v) is 1.68. The third-order valence-corrected chi connectivity index (χ3v) is 2.78. The predicted octanol–water partition coefficient (Wildman–Crippen LogP) is -0.0614. The number of carbonyl (C=O) groups is 1. The van der Waals surface area contributed by atoms with Crippen molar-refractivity contribution in [3.8, 4) is 0 Å². The molecule has 0 aromatic carbocycles. The smallest absolute Gasteiger partial charge is 0.410 e. The molecule has 0 bridgehead atoms. The Morgan fingerprint density at radius 2 is 1.78 bits per heavy atom. The molecule has 0 atom stereocenters. The Labute approximate surface area is 108 Å². The quantitative estimate of drug-likeness (QED) is 0.659. The van der Waals surface area contributed by atoms with Gasteiger partial charge in [-0.2, -0.15) is 0 Å². The van der Waals surface area contributed by atoms with E-state index in [-0.39, 0.29) is 25.3 Å². The number of likely N-dealkylation sites (tertiary alicyclic amines) is 1. The molecule has 0 aromatic rings. The van der Waals surface area contributed by atoms with Crippen molar-refractivity contribution in [3.63, 3.8) is 0 Å². The van der Waals surface area contributed by atoms with Crippen LogP contribution in [0.15, 0.2) is 0 Å². The first-order valence-electron chi connectivity index (χ1n) is 6.16. The standard InChI is InChI=1S/C12H24N2O4/c1-11(2,3)18-10(17)14-5-9(6-14)13-12(4,7-15)8-16/h9,13,15-16H,5-8H2,1-4H3. The van der Waals surface area contributed by atoms with Crippen molar-refractivity contribution in [3.05, 3.63) is 0 Å². The van der Waals surface area contributed by atoms with E-state index in [0.29, 0.717) is 13.1 Å². The predicted molar refractivity (Wildman–Crippen MR) is 67.3 cm³/mol. The largest absolute Gasteiger partial charge is 0.444 e. The average Bonchev–Trinajstić information content (AvgIpc) is 2.19. The zero-order chi connectivity index (χ0) is 14.0. The number of carbonyl (C=O) groups excluding carboxylic acids is 1. The molecule has 1 fully saturated rings. The van der Waals surface area contributed by atoms with E-state index < -0.39 is 11.1 Å². The van der Waals surface area contributed by atoms with E-state index in [1.807, 2.05) is 20.8 Å². The molecule has 1 saturated heterocycles. The minimum Gasteiger partial charge on any atom is -0.444 e. The first-order valence-corrected chi connectivity index (χ1v) is 6.16. The summed E-state index contributed by atoms with van der Waals surface area (Å²) in [7, 11) is 0. The van der Waals surface area contributed by atoms with Gasteiger partial charge in [0.2, 0.25) is 0 Å². The lowest BCUT2D eigenvalue weighted by Crippen LogP contribution is -2.66. The van der Waals surface area contributed by atoms with E-state index in [2.05, 4.69) is 5.32 Å². The summed E-state index contributed by atoms with van der Waals surface area (Å²) in [5, 5.41) is 21.4. The lowest BCUT2D eigenvalue weighted by atomic mass is 10.0. The summed E-state index contributed by atoms with van der Waals surface area (Å²) >= 11 is 0. The Morgan fingerprint density at radius 1 is 1.28 bits per heavy atom. The molecule has 0 radical (unpaired) electrons. The molecular weight excluding hydrogens is 236 g/mol. The van der Waals surface area contributed by atoms with Crippen molar-refractivity contribution in [2.45, 2.75) is 44.9 Å². The molecule has 1 rings (SSSR count). The van der Waals surface area contributed by atoms with Crippen LogP contribution >= 0.6 is 0 Å². The molecule has 0 saturated carbocycles. The number of hydrogen-bond donors (Lipinski definition) is 3. The molecule has 1 amide bonds. The zero-order valence-corrected chi connectivity index (χ0v) is 11.6. The van der Waals surface area contributed by atoms with E-state index in [9.17, 15) is 4.79 Å². The van der Waals surface area contributed by atoms with Gasteiger partial charge in [-0.05, 0) is 27.7 Å². The summed E-state index contributed by atoms with van der Waals surface area (Å²) in [5.41, 5.74) is -1.19. The Hall–Kier alpha value is -0.850. The van der Waals surface area contributed by atoms with Crippen LogP contribution in [0.2, 0.25) is 0 Å². The van der Waals surface area contributed by atoms with Gasteiger partial charge in [-0.25, -0.2) is 4.79 Å². The van der Waals surface area contributed by atoms with Crippen LogP contribution in [0.5, 0.6) is 0 Å². The molecule has 0 aliphatic carbocycles. The number of ether oxygens (including phenoxy) is 1. The van der Waals surface area contributed by atoms with E-state index in [1.54, 1.807) is 11.8 Å². The van der Waals surface area contributed by atoms with E-state index in [0.717, 1.165) is 0 Å². The summed E-state index contributed by atoms with van der Waals surface area (Å²) in [4.78, 5) is 13.3. The van der Waals surface area contributed by atoms with Crippen molar-refractivity contribution >= 4 is 6.09 Å². The third kappa shape index (κ3) is 4.12. The molecule has 1 aliphatic heterocycles. The highest BCUT2D eigenvalue weighted by Gasteiger charge is 2.37. The SMILES string of the molecule is CC(CO)(CO)NC1CN(C(=O)OC(C)(C)C)C1. The maximum atomic E-state index is 11.7. The van der Waals surface area contributed by atoms with Crippen LogP contribution in [0.25, 0.3) is 0 Å². The van der Waals surface area contributed by atoms with Gasteiger partial charge in [-0.15, -0.1) is 0 Å². The Bertz CT molecular complexity index is 291. The Balaban J connectivity index is 2.34. The first kappa shape index (κ1) is 15.2. The van der Waals surface area contributed by atoms with E-state index >= 15 is 0 Å². The van der Waals surface area contributed by atoms with Gasteiger partial charge in [0.15, 0.2) is 0 Å². The molecule has 106 valence electrons. The summed E-state index contributed by atoms with van der Waals surface area (Å²) in [6, 6.07) is 0.0850. The second-order valence-electron chi connectivity index (χ2n) is 6.10. The minimum absolute atomic E-state index is 0.0850. The molecule has 6 heteroatoms. The number of aliphatic hydroxyl groups is 2. The monoisotopic (exact) mass is 260 g/mol. The Kier molecular flexibility index (Phi) is 4.58. The zero-order valence-electron chi connectivity index (χ0n) is 11.6. The highest BCUT2D eigenvalue weighted by molar-refractivity contribution is 5.69. The fraction of sp³-hybridized carbons (Fsp3) is 0.917. The second kappa shape index (κ2) is 5.42. The maximum absolute atomic E-state index is 11.7. The van der Waals surface area contributed by atoms with Crippen molar-refractivity contribution < 1.29 is 19.7 Å².